The summed E-state index contributed by atoms with van der Waals surface area (Å²) in [6, 6.07) is 10.9. The van der Waals surface area contributed by atoms with Gasteiger partial charge in [0, 0.05) is 61.5 Å². The molecular formula is C34H47BrN8O9. The van der Waals surface area contributed by atoms with Crippen LogP contribution in [0.2, 0.25) is 0 Å². The number of esters is 2. The molecule has 0 saturated carbocycles. The summed E-state index contributed by atoms with van der Waals surface area (Å²) in [5, 5.41) is 10.5. The quantitative estimate of drug-likeness (QED) is 0.123. The molecule has 52 heavy (non-hydrogen) atoms. The Kier molecular flexibility index (Phi) is 22.9. The van der Waals surface area contributed by atoms with Crippen LogP contribution >= 0.6 is 15.9 Å². The number of hydrogen-bond acceptors (Lipinski definition) is 15. The van der Waals surface area contributed by atoms with E-state index in [-0.39, 0.29) is 47.8 Å². The van der Waals surface area contributed by atoms with Crippen molar-refractivity contribution in [3.05, 3.63) is 97.9 Å². The first kappa shape index (κ1) is 44.8. The smallest absolute Gasteiger partial charge is 0.326 e. The fourth-order valence-electron chi connectivity index (χ4n) is 3.66. The van der Waals surface area contributed by atoms with Crippen molar-refractivity contribution in [2.75, 3.05) is 51.4 Å². The molecule has 18 heteroatoms. The zero-order valence-corrected chi connectivity index (χ0v) is 31.6. The van der Waals surface area contributed by atoms with Crippen LogP contribution in [0.3, 0.4) is 0 Å². The predicted molar refractivity (Wildman–Crippen MR) is 197 cm³/mol. The van der Waals surface area contributed by atoms with Gasteiger partial charge in [0.15, 0.2) is 10.4 Å². The highest BCUT2D eigenvalue weighted by Gasteiger charge is 2.12. The normalized spacial score (nSPS) is 9.77. The number of nitrogens with zero attached hydrogens (tertiary/aromatic N) is 6. The number of rotatable bonds is 14. The highest BCUT2D eigenvalue weighted by atomic mass is 79.9. The van der Waals surface area contributed by atoms with Gasteiger partial charge in [0.1, 0.15) is 26.3 Å². The Morgan fingerprint density at radius 1 is 0.788 bits per heavy atom. The molecule has 0 aliphatic heterocycles. The van der Waals surface area contributed by atoms with Crippen LogP contribution in [0.5, 0.6) is 11.8 Å². The number of aliphatic hydroxyl groups excluding tert-OH is 1. The summed E-state index contributed by atoms with van der Waals surface area (Å²) in [4.78, 5) is 62.6. The summed E-state index contributed by atoms with van der Waals surface area (Å²) in [5.41, 5.74) is 5.73. The average molecular weight is 792 g/mol. The molecular weight excluding hydrogens is 744 g/mol. The number of aromatic nitrogens is 6. The van der Waals surface area contributed by atoms with Gasteiger partial charge in [0.25, 0.3) is 11.1 Å². The van der Waals surface area contributed by atoms with Gasteiger partial charge in [-0.1, -0.05) is 12.1 Å². The number of nitrogens with two attached hydrogens (primary N) is 1. The number of carbonyl (C=O) groups excluding carboxylic acids is 2. The molecule has 4 heterocycles. The molecule has 0 bridgehead atoms. The number of aryl methyl sites for hydroxylation is 2. The number of anilines is 1. The van der Waals surface area contributed by atoms with Gasteiger partial charge in [-0.2, -0.15) is 0 Å². The Morgan fingerprint density at radius 3 is 1.73 bits per heavy atom. The minimum Gasteiger partial charge on any atom is -0.476 e. The number of nitrogens with one attached hydrogen (secondary N) is 1. The van der Waals surface area contributed by atoms with E-state index in [9.17, 15) is 19.2 Å². The van der Waals surface area contributed by atoms with Crippen molar-refractivity contribution in [3.63, 3.8) is 0 Å². The second-order valence-corrected chi connectivity index (χ2v) is 10.6. The maximum atomic E-state index is 12.4. The minimum absolute atomic E-state index is 0.0837. The lowest BCUT2D eigenvalue weighted by atomic mass is 10.4. The molecule has 4 aromatic rings. The van der Waals surface area contributed by atoms with Crippen LogP contribution < -0.4 is 31.6 Å². The third-order valence-corrected chi connectivity index (χ3v) is 6.48. The summed E-state index contributed by atoms with van der Waals surface area (Å²) in [5.74, 6) is 0.414. The van der Waals surface area contributed by atoms with Crippen molar-refractivity contribution in [1.82, 2.24) is 29.1 Å². The van der Waals surface area contributed by atoms with E-state index in [0.29, 0.717) is 56.1 Å². The molecule has 0 atom stereocenters. The number of hydrogen-bond donors (Lipinski definition) is 3. The van der Waals surface area contributed by atoms with Crippen LogP contribution in [0.4, 0.5) is 5.82 Å². The van der Waals surface area contributed by atoms with Gasteiger partial charge in [0.2, 0.25) is 11.8 Å². The van der Waals surface area contributed by atoms with E-state index in [0.717, 1.165) is 0 Å². The third-order valence-electron chi connectivity index (χ3n) is 5.94. The van der Waals surface area contributed by atoms with Gasteiger partial charge in [0.05, 0.1) is 19.8 Å². The van der Waals surface area contributed by atoms with Crippen LogP contribution in [-0.4, -0.2) is 92.2 Å². The predicted octanol–water partition coefficient (Wildman–Crippen LogP) is 2.30. The fraction of sp³-hybridized carbons (Fsp3) is 0.412. The molecule has 0 aliphatic rings. The van der Waals surface area contributed by atoms with Crippen molar-refractivity contribution in [2.24, 2.45) is 5.73 Å². The molecule has 0 unspecified atom stereocenters. The molecule has 0 saturated heterocycles. The maximum absolute atomic E-state index is 12.4. The van der Waals surface area contributed by atoms with Gasteiger partial charge in [-0.3, -0.25) is 28.3 Å². The van der Waals surface area contributed by atoms with Crippen LogP contribution in [0.15, 0.2) is 75.4 Å². The van der Waals surface area contributed by atoms with E-state index in [1.54, 1.807) is 65.2 Å². The second-order valence-electron chi connectivity index (χ2n) is 9.90. The number of halogens is 1. The van der Waals surface area contributed by atoms with E-state index < -0.39 is 11.9 Å². The number of carbonyl (C=O) groups is 2. The fourth-order valence-corrected chi connectivity index (χ4v) is 3.97. The molecule has 0 radical (unpaired) electrons. The molecule has 4 N–H and O–H groups in total. The van der Waals surface area contributed by atoms with E-state index >= 15 is 0 Å². The molecule has 4 aromatic heterocycles. The van der Waals surface area contributed by atoms with Gasteiger partial charge in [-0.05, 0) is 62.7 Å². The molecule has 0 aromatic carbocycles. The first-order valence-corrected chi connectivity index (χ1v) is 17.0. The lowest BCUT2D eigenvalue weighted by Crippen LogP contribution is -2.31. The van der Waals surface area contributed by atoms with Crippen molar-refractivity contribution in [3.8, 4) is 11.8 Å². The van der Waals surface area contributed by atoms with Crippen LogP contribution in [-0.2, 0) is 32.2 Å². The van der Waals surface area contributed by atoms with Gasteiger partial charge >= 0.3 is 11.9 Å². The number of ether oxygens (including phenoxy) is 4. The highest BCUT2D eigenvalue weighted by Crippen LogP contribution is 2.04. The Balaban J connectivity index is 0.000000410. The number of aliphatic hydroxyl groups is 1. The highest BCUT2D eigenvalue weighted by molar-refractivity contribution is 9.10. The lowest BCUT2D eigenvalue weighted by molar-refractivity contribution is -0.144. The van der Waals surface area contributed by atoms with Crippen molar-refractivity contribution in [2.45, 2.75) is 47.7 Å². The summed E-state index contributed by atoms with van der Waals surface area (Å²) < 4.78 is 23.0. The summed E-state index contributed by atoms with van der Waals surface area (Å²) in [6.07, 6.45) is 6.37. The van der Waals surface area contributed by atoms with E-state index in [4.69, 9.17) is 29.8 Å². The van der Waals surface area contributed by atoms with E-state index in [1.165, 1.54) is 21.5 Å². The summed E-state index contributed by atoms with van der Waals surface area (Å²) in [7, 11) is 0. The third kappa shape index (κ3) is 17.6. The van der Waals surface area contributed by atoms with Gasteiger partial charge < -0.3 is 35.1 Å². The maximum Gasteiger partial charge on any atom is 0.326 e. The lowest BCUT2D eigenvalue weighted by Gasteiger charge is -2.12. The van der Waals surface area contributed by atoms with E-state index in [1.807, 2.05) is 18.2 Å². The van der Waals surface area contributed by atoms with Crippen molar-refractivity contribution in [1.29, 1.82) is 0 Å². The van der Waals surface area contributed by atoms with Crippen molar-refractivity contribution < 1.29 is 33.6 Å². The Bertz CT molecular complexity index is 1730. The zero-order valence-electron chi connectivity index (χ0n) is 30.0. The molecule has 0 fully saturated rings. The summed E-state index contributed by atoms with van der Waals surface area (Å²) in [6.45, 7) is 10.9. The van der Waals surface area contributed by atoms with Gasteiger partial charge in [-0.25, -0.2) is 19.9 Å². The standard InChI is InChI=1S/C16H20N4O4.C9H11BrN2O3.C7H10N2O.C2H6O/c1-3-23-14(21)11-20-12(2)10-19-15(16(20)22)18-8-9-24-13-6-4-5-7-17-13;1-3-15-7(13)5-12-6(2)4-11-8(10)9(12)14;8-4-6-10-7-3-1-2-5-9-7;1-2-3/h4-7,10H,3,8-9,11H2,1-2H3,(H,18,19);4H,3,5H2,1-2H3;1-3,5H,4,6,8H2;3H,2H2,1H3. The zero-order chi connectivity index (χ0) is 38.7. The first-order valence-electron chi connectivity index (χ1n) is 16.2. The SMILES string of the molecule is CCO.CCOC(=O)Cn1c(C)cnc(Br)c1=O.CCOC(=O)Cn1c(C)cnc(NCCOc2ccccn2)c1=O.NCCOc1ccccn1. The number of pyridine rings is 2. The topological polar surface area (TPSA) is 225 Å². The first-order chi connectivity index (χ1) is 25.0. The van der Waals surface area contributed by atoms with Crippen molar-refractivity contribution >= 4 is 33.7 Å². The molecule has 284 valence electrons. The van der Waals surface area contributed by atoms with Crippen LogP contribution in [0.25, 0.3) is 0 Å². The Labute approximate surface area is 310 Å². The Hall–Kier alpha value is -5.20. The molecule has 0 amide bonds. The summed E-state index contributed by atoms with van der Waals surface area (Å²) >= 11 is 3.01. The molecule has 0 spiro atoms. The Morgan fingerprint density at radius 2 is 1.27 bits per heavy atom. The monoisotopic (exact) mass is 790 g/mol. The molecule has 4 rings (SSSR count). The van der Waals surface area contributed by atoms with Crippen LogP contribution in [0.1, 0.15) is 32.2 Å². The molecule has 0 aliphatic carbocycles. The second kappa shape index (κ2) is 26.6. The largest absolute Gasteiger partial charge is 0.476 e. The van der Waals surface area contributed by atoms with E-state index in [2.05, 4.69) is 41.2 Å². The average Bonchev–Trinajstić information content (AvgIpc) is 3.14. The van der Waals surface area contributed by atoms with Gasteiger partial charge in [-0.15, -0.1) is 0 Å². The minimum atomic E-state index is -0.460. The molecule has 17 nitrogen and oxygen atoms in total. The van der Waals surface area contributed by atoms with Crippen LogP contribution in [0, 0.1) is 13.8 Å².